The van der Waals surface area contributed by atoms with Crippen LogP contribution in [0.5, 0.6) is 0 Å². The number of nitrogens with zero attached hydrogens (tertiary/aromatic N) is 1. The second-order valence-corrected chi connectivity index (χ2v) is 8.01. The number of benzene rings is 1. The molecule has 136 valence electrons. The number of anilines is 1. The molecule has 2 saturated carbocycles. The molecule has 0 radical (unpaired) electrons. The number of rotatable bonds is 4. The van der Waals surface area contributed by atoms with Gasteiger partial charge in [-0.25, -0.2) is 4.98 Å². The summed E-state index contributed by atoms with van der Waals surface area (Å²) in [6, 6.07) is 8.32. The third-order valence-corrected chi connectivity index (χ3v) is 6.07. The molecular formula is C21H25N3O2. The van der Waals surface area contributed by atoms with Crippen LogP contribution in [0.4, 0.5) is 5.69 Å². The van der Waals surface area contributed by atoms with Crippen molar-refractivity contribution in [2.75, 3.05) is 5.32 Å². The molecule has 2 aliphatic carbocycles. The van der Waals surface area contributed by atoms with Crippen molar-refractivity contribution < 1.29 is 9.21 Å². The van der Waals surface area contributed by atoms with Crippen LogP contribution < -0.4 is 10.6 Å². The zero-order valence-electron chi connectivity index (χ0n) is 14.9. The molecule has 1 aromatic carbocycles. The molecule has 1 saturated heterocycles. The number of hydrogen-bond donors (Lipinski definition) is 2. The Hall–Kier alpha value is -2.14. The maximum absolute atomic E-state index is 12.6. The monoisotopic (exact) mass is 351 g/mol. The summed E-state index contributed by atoms with van der Waals surface area (Å²) in [4.78, 5) is 17.0. The zero-order valence-corrected chi connectivity index (χ0v) is 14.9. The summed E-state index contributed by atoms with van der Waals surface area (Å²) in [6.07, 6.45) is 10.2. The molecule has 2 heterocycles. The molecule has 3 unspecified atom stereocenters. The van der Waals surface area contributed by atoms with Crippen LogP contribution in [0, 0.1) is 5.92 Å². The van der Waals surface area contributed by atoms with E-state index in [1.165, 1.54) is 38.5 Å². The van der Waals surface area contributed by atoms with Gasteiger partial charge in [0, 0.05) is 23.2 Å². The van der Waals surface area contributed by atoms with Crippen molar-refractivity contribution in [1.82, 2.24) is 10.3 Å². The number of aromatic nitrogens is 1. The van der Waals surface area contributed by atoms with Crippen molar-refractivity contribution in [3.05, 3.63) is 36.4 Å². The highest BCUT2D eigenvalue weighted by Gasteiger charge is 2.38. The molecule has 1 amide bonds. The lowest BCUT2D eigenvalue weighted by molar-refractivity contribution is -0.117. The third kappa shape index (κ3) is 3.16. The molecule has 2 aromatic rings. The van der Waals surface area contributed by atoms with Gasteiger partial charge in [-0.3, -0.25) is 4.79 Å². The maximum atomic E-state index is 12.6. The SMILES string of the molecule is O=C(Nc1ccc(-c2cnc(C3CC3)o2)cc1)C1CC2CCCCC2N1. The van der Waals surface area contributed by atoms with Gasteiger partial charge in [-0.2, -0.15) is 0 Å². The number of hydrogen-bond acceptors (Lipinski definition) is 4. The third-order valence-electron chi connectivity index (χ3n) is 6.07. The maximum Gasteiger partial charge on any atom is 0.241 e. The topological polar surface area (TPSA) is 67.2 Å². The second kappa shape index (κ2) is 6.54. The molecule has 1 aliphatic heterocycles. The van der Waals surface area contributed by atoms with Gasteiger partial charge in [0.15, 0.2) is 11.7 Å². The van der Waals surface area contributed by atoms with Gasteiger partial charge >= 0.3 is 0 Å². The Kier molecular flexibility index (Phi) is 4.04. The lowest BCUT2D eigenvalue weighted by Crippen LogP contribution is -2.39. The second-order valence-electron chi connectivity index (χ2n) is 8.01. The first-order valence-electron chi connectivity index (χ1n) is 9.89. The van der Waals surface area contributed by atoms with Crippen molar-refractivity contribution in [2.45, 2.75) is 62.9 Å². The van der Waals surface area contributed by atoms with E-state index in [1.54, 1.807) is 6.20 Å². The van der Waals surface area contributed by atoms with E-state index in [0.29, 0.717) is 17.9 Å². The molecule has 3 aliphatic rings. The van der Waals surface area contributed by atoms with Crippen molar-refractivity contribution in [1.29, 1.82) is 0 Å². The van der Waals surface area contributed by atoms with Crippen molar-refractivity contribution in [3.8, 4) is 11.3 Å². The average Bonchev–Trinajstić information content (AvgIpc) is 3.23. The number of nitrogens with one attached hydrogen (secondary N) is 2. The van der Waals surface area contributed by atoms with Crippen LogP contribution in [0.3, 0.4) is 0 Å². The van der Waals surface area contributed by atoms with Crippen molar-refractivity contribution in [3.63, 3.8) is 0 Å². The van der Waals surface area contributed by atoms with Crippen molar-refractivity contribution >= 4 is 11.6 Å². The quantitative estimate of drug-likeness (QED) is 0.871. The first-order chi connectivity index (χ1) is 12.8. The van der Waals surface area contributed by atoms with Gasteiger partial charge in [-0.05, 0) is 62.3 Å². The number of oxazole rings is 1. The van der Waals surface area contributed by atoms with E-state index in [1.807, 2.05) is 24.3 Å². The molecule has 0 bridgehead atoms. The van der Waals surface area contributed by atoms with E-state index in [0.717, 1.165) is 29.3 Å². The Morgan fingerprint density at radius 3 is 2.69 bits per heavy atom. The zero-order chi connectivity index (χ0) is 17.5. The van der Waals surface area contributed by atoms with Gasteiger partial charge in [0.1, 0.15) is 0 Å². The Morgan fingerprint density at radius 1 is 1.12 bits per heavy atom. The Morgan fingerprint density at radius 2 is 1.92 bits per heavy atom. The highest BCUT2D eigenvalue weighted by molar-refractivity contribution is 5.95. The molecular weight excluding hydrogens is 326 g/mol. The fraction of sp³-hybridized carbons (Fsp3) is 0.524. The molecule has 1 aromatic heterocycles. The van der Waals surface area contributed by atoms with E-state index in [9.17, 15) is 4.79 Å². The predicted octanol–water partition coefficient (Wildman–Crippen LogP) is 4.08. The summed E-state index contributed by atoms with van der Waals surface area (Å²) in [5, 5.41) is 6.59. The Labute approximate surface area is 153 Å². The summed E-state index contributed by atoms with van der Waals surface area (Å²) in [7, 11) is 0. The summed E-state index contributed by atoms with van der Waals surface area (Å²) in [5.74, 6) is 2.93. The van der Waals surface area contributed by atoms with Gasteiger partial charge in [0.25, 0.3) is 0 Å². The van der Waals surface area contributed by atoms with E-state index >= 15 is 0 Å². The molecule has 26 heavy (non-hydrogen) atoms. The van der Waals surface area contributed by atoms with Gasteiger partial charge in [0.05, 0.1) is 12.2 Å². The molecule has 5 rings (SSSR count). The summed E-state index contributed by atoms with van der Waals surface area (Å²) < 4.78 is 5.84. The Bertz CT molecular complexity index is 780. The standard InChI is InChI=1S/C21H25N3O2/c25-20(18-11-15-3-1-2-4-17(15)24-18)23-16-9-7-13(8-10-16)19-12-22-21(26-19)14-5-6-14/h7-10,12,14-15,17-18,24H,1-6,11H2,(H,23,25). The van der Waals surface area contributed by atoms with Crippen LogP contribution in [0.15, 0.2) is 34.9 Å². The highest BCUT2D eigenvalue weighted by Crippen LogP contribution is 2.40. The van der Waals surface area contributed by atoms with E-state index in [2.05, 4.69) is 15.6 Å². The van der Waals surface area contributed by atoms with Crippen LogP contribution in [-0.2, 0) is 4.79 Å². The van der Waals surface area contributed by atoms with Crippen LogP contribution in [-0.4, -0.2) is 23.0 Å². The molecule has 0 spiro atoms. The van der Waals surface area contributed by atoms with Crippen LogP contribution in [0.25, 0.3) is 11.3 Å². The number of carbonyl (C=O) groups is 1. The fourth-order valence-electron chi connectivity index (χ4n) is 4.41. The predicted molar refractivity (Wildman–Crippen MR) is 99.8 cm³/mol. The molecule has 3 fully saturated rings. The largest absolute Gasteiger partial charge is 0.440 e. The van der Waals surface area contributed by atoms with Crippen molar-refractivity contribution in [2.24, 2.45) is 5.92 Å². The highest BCUT2D eigenvalue weighted by atomic mass is 16.4. The number of carbonyl (C=O) groups excluding carboxylic acids is 1. The molecule has 3 atom stereocenters. The van der Waals surface area contributed by atoms with Crippen LogP contribution in [0.1, 0.15) is 56.8 Å². The van der Waals surface area contributed by atoms with E-state index < -0.39 is 0 Å². The molecule has 5 heteroatoms. The van der Waals surface area contributed by atoms with Gasteiger partial charge in [-0.15, -0.1) is 0 Å². The minimum Gasteiger partial charge on any atom is -0.440 e. The lowest BCUT2D eigenvalue weighted by atomic mass is 9.85. The average molecular weight is 351 g/mol. The van der Waals surface area contributed by atoms with E-state index in [-0.39, 0.29) is 11.9 Å². The molecule has 2 N–H and O–H groups in total. The summed E-state index contributed by atoms with van der Waals surface area (Å²) >= 11 is 0. The molecule has 5 nitrogen and oxygen atoms in total. The summed E-state index contributed by atoms with van der Waals surface area (Å²) in [5.41, 5.74) is 1.82. The lowest BCUT2D eigenvalue weighted by Gasteiger charge is -2.24. The van der Waals surface area contributed by atoms with Gasteiger partial charge in [0.2, 0.25) is 5.91 Å². The van der Waals surface area contributed by atoms with Gasteiger partial charge in [-0.1, -0.05) is 12.8 Å². The van der Waals surface area contributed by atoms with Crippen LogP contribution in [0.2, 0.25) is 0 Å². The van der Waals surface area contributed by atoms with Gasteiger partial charge < -0.3 is 15.1 Å². The first-order valence-corrected chi connectivity index (χ1v) is 9.89. The minimum absolute atomic E-state index is 0.0573. The summed E-state index contributed by atoms with van der Waals surface area (Å²) in [6.45, 7) is 0. The first kappa shape index (κ1) is 16.1. The minimum atomic E-state index is -0.0573. The normalized spacial score (nSPS) is 27.9. The van der Waals surface area contributed by atoms with Crippen LogP contribution >= 0.6 is 0 Å². The number of fused-ring (bicyclic) bond motifs is 1. The van der Waals surface area contributed by atoms with E-state index in [4.69, 9.17) is 4.42 Å². The fourth-order valence-corrected chi connectivity index (χ4v) is 4.41. The number of amides is 1. The smallest absolute Gasteiger partial charge is 0.241 e. The Balaban J connectivity index is 1.22.